The SMILES string of the molecule is C#Cc1nc(C(=O)N(c2cc(OC)cc(OC)c2)C2CCN(Cc3ccc(F)cc3)C2=O)c(Cl)s1. The lowest BCUT2D eigenvalue weighted by molar-refractivity contribution is -0.129. The van der Waals surface area contributed by atoms with Gasteiger partial charge in [-0.05, 0) is 30.0 Å². The highest BCUT2D eigenvalue weighted by molar-refractivity contribution is 7.16. The van der Waals surface area contributed by atoms with Crippen molar-refractivity contribution in [1.82, 2.24) is 9.88 Å². The molecule has 4 rings (SSSR count). The number of likely N-dealkylation sites (tertiary alicyclic amines) is 1. The van der Waals surface area contributed by atoms with E-state index in [1.807, 2.05) is 0 Å². The van der Waals surface area contributed by atoms with Crippen molar-refractivity contribution in [3.05, 3.63) is 68.9 Å². The van der Waals surface area contributed by atoms with Crippen LogP contribution in [0.3, 0.4) is 0 Å². The number of benzene rings is 2. The van der Waals surface area contributed by atoms with Crippen LogP contribution >= 0.6 is 22.9 Å². The minimum atomic E-state index is -0.827. The number of nitrogens with zero attached hydrogens (tertiary/aromatic N) is 3. The molecular formula is C25H21ClFN3O4S. The smallest absolute Gasteiger partial charge is 0.280 e. The van der Waals surface area contributed by atoms with Crippen LogP contribution in [-0.2, 0) is 11.3 Å². The van der Waals surface area contributed by atoms with Crippen molar-refractivity contribution in [2.75, 3.05) is 25.7 Å². The van der Waals surface area contributed by atoms with E-state index in [2.05, 4.69) is 10.9 Å². The normalized spacial score (nSPS) is 15.1. The molecule has 0 radical (unpaired) electrons. The Balaban J connectivity index is 1.72. The summed E-state index contributed by atoms with van der Waals surface area (Å²) < 4.78 is 24.2. The second-order valence-corrected chi connectivity index (χ2v) is 9.32. The number of anilines is 1. The molecule has 1 fully saturated rings. The predicted octanol–water partition coefficient (Wildman–Crippen LogP) is 4.38. The van der Waals surface area contributed by atoms with E-state index in [1.165, 1.54) is 31.3 Å². The first kappa shape index (κ1) is 24.5. The highest BCUT2D eigenvalue weighted by atomic mass is 35.5. The molecule has 7 nitrogen and oxygen atoms in total. The molecule has 1 aliphatic heterocycles. The number of hydrogen-bond acceptors (Lipinski definition) is 6. The van der Waals surface area contributed by atoms with E-state index in [-0.39, 0.29) is 33.3 Å². The first-order chi connectivity index (χ1) is 16.8. The molecule has 0 saturated carbocycles. The lowest BCUT2D eigenvalue weighted by Crippen LogP contribution is -2.45. The summed E-state index contributed by atoms with van der Waals surface area (Å²) in [6.45, 7) is 0.698. The summed E-state index contributed by atoms with van der Waals surface area (Å²) >= 11 is 7.31. The number of rotatable bonds is 7. The van der Waals surface area contributed by atoms with E-state index in [0.29, 0.717) is 30.2 Å². The van der Waals surface area contributed by atoms with Gasteiger partial charge in [0.25, 0.3) is 5.91 Å². The quantitative estimate of drug-likeness (QED) is 0.438. The molecular weight excluding hydrogens is 493 g/mol. The first-order valence-electron chi connectivity index (χ1n) is 10.6. The first-order valence-corrected chi connectivity index (χ1v) is 11.8. The number of aromatic nitrogens is 1. The topological polar surface area (TPSA) is 72.0 Å². The van der Waals surface area contributed by atoms with Crippen molar-refractivity contribution in [2.24, 2.45) is 0 Å². The zero-order valence-electron chi connectivity index (χ0n) is 19.0. The van der Waals surface area contributed by atoms with Gasteiger partial charge in [-0.15, -0.1) is 6.42 Å². The fraction of sp³-hybridized carbons (Fsp3) is 0.240. The molecule has 1 atom stereocenters. The maximum absolute atomic E-state index is 13.8. The summed E-state index contributed by atoms with van der Waals surface area (Å²) in [4.78, 5) is 34.4. The summed E-state index contributed by atoms with van der Waals surface area (Å²) in [5, 5.41) is 0.261. The molecule has 2 heterocycles. The number of terminal acetylenes is 1. The zero-order valence-corrected chi connectivity index (χ0v) is 20.5. The lowest BCUT2D eigenvalue weighted by atomic mass is 10.1. The number of carbonyl (C=O) groups is 2. The number of amides is 2. The van der Waals surface area contributed by atoms with E-state index >= 15 is 0 Å². The Kier molecular flexibility index (Phi) is 7.24. The number of carbonyl (C=O) groups excluding carboxylic acids is 2. The minimum Gasteiger partial charge on any atom is -0.497 e. The number of halogens is 2. The second kappa shape index (κ2) is 10.3. The maximum atomic E-state index is 13.8. The maximum Gasteiger partial charge on any atom is 0.280 e. The van der Waals surface area contributed by atoms with Gasteiger partial charge in [0.05, 0.1) is 19.9 Å². The molecule has 3 aromatic rings. The number of hydrogen-bond donors (Lipinski definition) is 0. The molecule has 1 aliphatic rings. The predicted molar refractivity (Wildman–Crippen MR) is 132 cm³/mol. The van der Waals surface area contributed by atoms with Crippen LogP contribution in [0.4, 0.5) is 10.1 Å². The number of methoxy groups -OCH3 is 2. The summed E-state index contributed by atoms with van der Waals surface area (Å²) in [7, 11) is 2.98. The van der Waals surface area contributed by atoms with Gasteiger partial charge in [0.2, 0.25) is 5.91 Å². The summed E-state index contributed by atoms with van der Waals surface area (Å²) in [5.41, 5.74) is 1.14. The van der Waals surface area contributed by atoms with Crippen molar-refractivity contribution < 1.29 is 23.5 Å². The fourth-order valence-electron chi connectivity index (χ4n) is 3.91. The molecule has 180 valence electrons. The van der Waals surface area contributed by atoms with Gasteiger partial charge in [0.1, 0.15) is 27.7 Å². The van der Waals surface area contributed by atoms with Crippen molar-refractivity contribution in [2.45, 2.75) is 19.0 Å². The Hall–Kier alpha value is -3.61. The molecule has 0 spiro atoms. The third-order valence-corrected chi connectivity index (χ3v) is 6.80. The van der Waals surface area contributed by atoms with Crippen molar-refractivity contribution in [1.29, 1.82) is 0 Å². The Labute approximate surface area is 211 Å². The monoisotopic (exact) mass is 513 g/mol. The van der Waals surface area contributed by atoms with Crippen molar-refractivity contribution in [3.63, 3.8) is 0 Å². The number of ether oxygens (including phenoxy) is 2. The Morgan fingerprint density at radius 3 is 2.49 bits per heavy atom. The Bertz CT molecular complexity index is 1280. The molecule has 0 aliphatic carbocycles. The lowest BCUT2D eigenvalue weighted by Gasteiger charge is -2.28. The van der Waals surface area contributed by atoms with Crippen LogP contribution in [0.1, 0.15) is 27.5 Å². The Morgan fingerprint density at radius 2 is 1.91 bits per heavy atom. The minimum absolute atomic E-state index is 0.0313. The van der Waals surface area contributed by atoms with Crippen LogP contribution in [-0.4, -0.2) is 48.5 Å². The van der Waals surface area contributed by atoms with Crippen LogP contribution in [0.25, 0.3) is 0 Å². The molecule has 2 amide bonds. The molecule has 1 unspecified atom stereocenters. The average Bonchev–Trinajstić information content (AvgIpc) is 3.42. The van der Waals surface area contributed by atoms with Crippen LogP contribution in [0, 0.1) is 18.2 Å². The summed E-state index contributed by atoms with van der Waals surface area (Å²) in [6.07, 6.45) is 5.81. The van der Waals surface area contributed by atoms with Gasteiger partial charge in [-0.25, -0.2) is 9.37 Å². The van der Waals surface area contributed by atoms with Gasteiger partial charge in [0, 0.05) is 31.3 Å². The van der Waals surface area contributed by atoms with E-state index in [9.17, 15) is 14.0 Å². The van der Waals surface area contributed by atoms with E-state index < -0.39 is 11.9 Å². The number of thiazole rings is 1. The standard InChI is InChI=1S/C25H21ClFN3O4S/c1-4-21-28-22(23(26)35-21)25(32)30(17-11-18(33-2)13-19(12-17)34-3)20-9-10-29(24(20)31)14-15-5-7-16(27)8-6-15/h1,5-8,11-13,20H,9-10,14H2,2-3H3. The zero-order chi connectivity index (χ0) is 25.1. The van der Waals surface area contributed by atoms with Crippen LogP contribution < -0.4 is 14.4 Å². The largest absolute Gasteiger partial charge is 0.497 e. The molecule has 0 bridgehead atoms. The molecule has 1 aromatic heterocycles. The summed E-state index contributed by atoms with van der Waals surface area (Å²) in [5.74, 6) is 2.10. The molecule has 35 heavy (non-hydrogen) atoms. The van der Waals surface area contributed by atoms with E-state index in [0.717, 1.165) is 16.9 Å². The molecule has 0 N–H and O–H groups in total. The van der Waals surface area contributed by atoms with E-state index in [1.54, 1.807) is 35.2 Å². The third-order valence-electron chi connectivity index (χ3n) is 5.61. The van der Waals surface area contributed by atoms with Gasteiger partial charge < -0.3 is 14.4 Å². The van der Waals surface area contributed by atoms with Crippen LogP contribution in [0.15, 0.2) is 42.5 Å². The summed E-state index contributed by atoms with van der Waals surface area (Å²) in [6, 6.07) is 10.1. The van der Waals surface area contributed by atoms with Gasteiger partial charge in [-0.1, -0.05) is 35.1 Å². The molecule has 2 aromatic carbocycles. The highest BCUT2D eigenvalue weighted by Gasteiger charge is 2.41. The van der Waals surface area contributed by atoms with Crippen LogP contribution in [0.5, 0.6) is 11.5 Å². The molecule has 10 heteroatoms. The fourth-order valence-corrected chi connectivity index (χ4v) is 4.85. The Morgan fingerprint density at radius 1 is 1.26 bits per heavy atom. The second-order valence-electron chi connectivity index (χ2n) is 7.72. The van der Waals surface area contributed by atoms with Gasteiger partial charge >= 0.3 is 0 Å². The van der Waals surface area contributed by atoms with Crippen molar-refractivity contribution in [3.8, 4) is 23.8 Å². The van der Waals surface area contributed by atoms with Gasteiger partial charge in [0.15, 0.2) is 10.7 Å². The average molecular weight is 514 g/mol. The highest BCUT2D eigenvalue weighted by Crippen LogP contribution is 2.35. The van der Waals surface area contributed by atoms with Crippen LogP contribution in [0.2, 0.25) is 4.34 Å². The van der Waals surface area contributed by atoms with Gasteiger partial charge in [-0.2, -0.15) is 0 Å². The van der Waals surface area contributed by atoms with Crippen molar-refractivity contribution >= 4 is 40.4 Å². The molecule has 1 saturated heterocycles. The van der Waals surface area contributed by atoms with Gasteiger partial charge in [-0.3, -0.25) is 14.5 Å². The van der Waals surface area contributed by atoms with E-state index in [4.69, 9.17) is 27.5 Å². The third kappa shape index (κ3) is 5.09.